The summed E-state index contributed by atoms with van der Waals surface area (Å²) < 4.78 is 5.32. The molecular formula is C13H16N2O2. The molecule has 1 amide bonds. The molecule has 4 nitrogen and oxygen atoms in total. The molecule has 2 aliphatic rings. The van der Waals surface area contributed by atoms with Crippen molar-refractivity contribution in [3.63, 3.8) is 0 Å². The minimum atomic E-state index is -0.178. The number of piperazine rings is 1. The molecule has 0 radical (unpaired) electrons. The predicted octanol–water partition coefficient (Wildman–Crippen LogP) is 1.37. The minimum Gasteiger partial charge on any atom is -0.445 e. The Hall–Kier alpha value is -1.55. The Morgan fingerprint density at radius 1 is 1.41 bits per heavy atom. The van der Waals surface area contributed by atoms with Crippen LogP contribution in [-0.2, 0) is 11.3 Å². The molecule has 4 heteroatoms. The van der Waals surface area contributed by atoms with E-state index < -0.39 is 0 Å². The van der Waals surface area contributed by atoms with Gasteiger partial charge in [-0.05, 0) is 12.0 Å². The monoisotopic (exact) mass is 232 g/mol. The van der Waals surface area contributed by atoms with Gasteiger partial charge in [-0.3, -0.25) is 0 Å². The van der Waals surface area contributed by atoms with Crippen LogP contribution in [0.25, 0.3) is 0 Å². The number of rotatable bonds is 2. The maximum Gasteiger partial charge on any atom is 0.410 e. The fourth-order valence-electron chi connectivity index (χ4n) is 2.59. The smallest absolute Gasteiger partial charge is 0.410 e. The van der Waals surface area contributed by atoms with Gasteiger partial charge in [0.1, 0.15) is 6.61 Å². The molecule has 0 aromatic heterocycles. The molecule has 2 fully saturated rings. The first-order valence-corrected chi connectivity index (χ1v) is 6.03. The minimum absolute atomic E-state index is 0.178. The number of carbonyl (C=O) groups is 1. The van der Waals surface area contributed by atoms with Gasteiger partial charge in [-0.15, -0.1) is 0 Å². The van der Waals surface area contributed by atoms with E-state index in [9.17, 15) is 4.79 Å². The third-order valence-corrected chi connectivity index (χ3v) is 3.50. The van der Waals surface area contributed by atoms with E-state index in [4.69, 9.17) is 4.74 Å². The van der Waals surface area contributed by atoms with Crippen LogP contribution in [0.3, 0.4) is 0 Å². The number of amides is 1. The van der Waals surface area contributed by atoms with Gasteiger partial charge in [0.25, 0.3) is 0 Å². The number of ether oxygens (including phenoxy) is 1. The first-order chi connectivity index (χ1) is 8.33. The van der Waals surface area contributed by atoms with Crippen molar-refractivity contribution in [1.82, 2.24) is 10.2 Å². The zero-order chi connectivity index (χ0) is 11.7. The van der Waals surface area contributed by atoms with Crippen LogP contribution < -0.4 is 5.32 Å². The van der Waals surface area contributed by atoms with Gasteiger partial charge in [0, 0.05) is 25.2 Å². The van der Waals surface area contributed by atoms with Gasteiger partial charge in [0.15, 0.2) is 0 Å². The fraction of sp³-hybridized carbons (Fsp3) is 0.462. The van der Waals surface area contributed by atoms with Gasteiger partial charge < -0.3 is 15.0 Å². The molecule has 2 bridgehead atoms. The van der Waals surface area contributed by atoms with Crippen LogP contribution in [-0.4, -0.2) is 36.2 Å². The summed E-state index contributed by atoms with van der Waals surface area (Å²) in [5.41, 5.74) is 1.03. The SMILES string of the molecule is O=C(OCc1ccccc1)N1C[C@@H]2C[C@@H]1CN2. The van der Waals surface area contributed by atoms with Crippen molar-refractivity contribution in [3.8, 4) is 0 Å². The van der Waals surface area contributed by atoms with Crippen molar-refractivity contribution in [3.05, 3.63) is 35.9 Å². The first kappa shape index (κ1) is 10.6. The average Bonchev–Trinajstić information content (AvgIpc) is 2.99. The molecule has 2 heterocycles. The number of fused-ring (bicyclic) bond motifs is 2. The maximum atomic E-state index is 11.9. The van der Waals surface area contributed by atoms with Crippen LogP contribution in [0.2, 0.25) is 0 Å². The lowest BCUT2D eigenvalue weighted by molar-refractivity contribution is 0.0879. The predicted molar refractivity (Wildman–Crippen MR) is 63.5 cm³/mol. The molecule has 2 atom stereocenters. The van der Waals surface area contributed by atoms with E-state index in [0.29, 0.717) is 18.7 Å². The molecule has 0 unspecified atom stereocenters. The zero-order valence-electron chi connectivity index (χ0n) is 9.63. The van der Waals surface area contributed by atoms with E-state index in [1.54, 1.807) is 0 Å². The van der Waals surface area contributed by atoms with E-state index in [-0.39, 0.29) is 6.09 Å². The van der Waals surface area contributed by atoms with Crippen molar-refractivity contribution >= 4 is 6.09 Å². The number of hydrogen-bond donors (Lipinski definition) is 1. The highest BCUT2D eigenvalue weighted by Gasteiger charge is 2.40. The van der Waals surface area contributed by atoms with Gasteiger partial charge in [0.2, 0.25) is 0 Å². The highest BCUT2D eigenvalue weighted by Crippen LogP contribution is 2.23. The van der Waals surface area contributed by atoms with Crippen LogP contribution >= 0.6 is 0 Å². The molecule has 3 rings (SSSR count). The number of nitrogens with zero attached hydrogens (tertiary/aromatic N) is 1. The van der Waals surface area contributed by atoms with E-state index in [1.165, 1.54) is 0 Å². The standard InChI is InChI=1S/C13H16N2O2/c16-13(15-8-11-6-12(15)7-14-11)17-9-10-4-2-1-3-5-10/h1-5,11-12,14H,6-9H2/t11-,12+/m0/s1. The molecule has 2 saturated heterocycles. The Kier molecular flexibility index (Phi) is 2.73. The molecule has 2 aliphatic heterocycles. The number of nitrogens with one attached hydrogen (secondary N) is 1. The Labute approximate surface area is 101 Å². The van der Waals surface area contributed by atoms with Crippen LogP contribution in [0.15, 0.2) is 30.3 Å². The number of benzene rings is 1. The summed E-state index contributed by atoms with van der Waals surface area (Å²) in [5.74, 6) is 0. The van der Waals surface area contributed by atoms with E-state index in [0.717, 1.165) is 25.1 Å². The lowest BCUT2D eigenvalue weighted by atomic mass is 10.2. The van der Waals surface area contributed by atoms with Crippen LogP contribution in [0, 0.1) is 0 Å². The van der Waals surface area contributed by atoms with Gasteiger partial charge in [-0.25, -0.2) is 4.79 Å². The van der Waals surface area contributed by atoms with Gasteiger partial charge in [-0.1, -0.05) is 30.3 Å². The van der Waals surface area contributed by atoms with Crippen molar-refractivity contribution in [1.29, 1.82) is 0 Å². The van der Waals surface area contributed by atoms with Crippen molar-refractivity contribution in [2.45, 2.75) is 25.1 Å². The van der Waals surface area contributed by atoms with Crippen LogP contribution in [0.1, 0.15) is 12.0 Å². The fourth-order valence-corrected chi connectivity index (χ4v) is 2.59. The second-order valence-electron chi connectivity index (χ2n) is 4.69. The summed E-state index contributed by atoms with van der Waals surface area (Å²) in [6, 6.07) is 10.6. The second kappa shape index (κ2) is 4.37. The third-order valence-electron chi connectivity index (χ3n) is 3.50. The lowest BCUT2D eigenvalue weighted by Gasteiger charge is -2.26. The highest BCUT2D eigenvalue weighted by atomic mass is 16.6. The molecule has 0 saturated carbocycles. The average molecular weight is 232 g/mol. The molecule has 1 N–H and O–H groups in total. The quantitative estimate of drug-likeness (QED) is 0.837. The van der Waals surface area contributed by atoms with Crippen LogP contribution in [0.5, 0.6) is 0 Å². The third kappa shape index (κ3) is 2.13. The van der Waals surface area contributed by atoms with Gasteiger partial charge in [0.05, 0.1) is 0 Å². The highest BCUT2D eigenvalue weighted by molar-refractivity contribution is 5.69. The number of carbonyl (C=O) groups excluding carboxylic acids is 1. The Balaban J connectivity index is 1.54. The van der Waals surface area contributed by atoms with Crippen molar-refractivity contribution in [2.75, 3.05) is 13.1 Å². The van der Waals surface area contributed by atoms with Crippen LogP contribution in [0.4, 0.5) is 4.79 Å². The van der Waals surface area contributed by atoms with E-state index in [2.05, 4.69) is 5.32 Å². The first-order valence-electron chi connectivity index (χ1n) is 6.03. The molecule has 0 aliphatic carbocycles. The molecular weight excluding hydrogens is 216 g/mol. The molecule has 1 aromatic rings. The van der Waals surface area contributed by atoms with Gasteiger partial charge in [-0.2, -0.15) is 0 Å². The summed E-state index contributed by atoms with van der Waals surface area (Å²) in [4.78, 5) is 13.7. The molecule has 90 valence electrons. The topological polar surface area (TPSA) is 41.6 Å². The Morgan fingerprint density at radius 3 is 2.88 bits per heavy atom. The Morgan fingerprint density at radius 2 is 2.24 bits per heavy atom. The second-order valence-corrected chi connectivity index (χ2v) is 4.69. The summed E-state index contributed by atoms with van der Waals surface area (Å²) in [5, 5.41) is 3.37. The molecule has 17 heavy (non-hydrogen) atoms. The molecule has 1 aromatic carbocycles. The van der Waals surface area contributed by atoms with Crippen molar-refractivity contribution in [2.24, 2.45) is 0 Å². The largest absolute Gasteiger partial charge is 0.445 e. The normalized spacial score (nSPS) is 26.2. The summed E-state index contributed by atoms with van der Waals surface area (Å²) >= 11 is 0. The molecule has 0 spiro atoms. The van der Waals surface area contributed by atoms with E-state index in [1.807, 2.05) is 35.2 Å². The maximum absolute atomic E-state index is 11.9. The summed E-state index contributed by atoms with van der Waals surface area (Å²) in [6.45, 7) is 2.06. The Bertz CT molecular complexity index is 407. The number of likely N-dealkylation sites (tertiary alicyclic amines) is 1. The lowest BCUT2D eigenvalue weighted by Crippen LogP contribution is -2.46. The van der Waals surface area contributed by atoms with Gasteiger partial charge >= 0.3 is 6.09 Å². The summed E-state index contributed by atoms with van der Waals surface area (Å²) in [6.07, 6.45) is 0.892. The number of hydrogen-bond acceptors (Lipinski definition) is 3. The van der Waals surface area contributed by atoms with E-state index >= 15 is 0 Å². The zero-order valence-corrected chi connectivity index (χ0v) is 9.63. The summed E-state index contributed by atoms with van der Waals surface area (Å²) in [7, 11) is 0. The van der Waals surface area contributed by atoms with Crippen molar-refractivity contribution < 1.29 is 9.53 Å².